The third kappa shape index (κ3) is 5.20. The fourth-order valence-electron chi connectivity index (χ4n) is 5.53. The van der Waals surface area contributed by atoms with Gasteiger partial charge < -0.3 is 29.2 Å². The molecule has 0 radical (unpaired) electrons. The molecule has 1 aliphatic heterocycles. The standard InChI is InChI=1S/C30H31ClN6O4/c1-16-27(17(2)41-36-16)22-13-24-21(14-25(22)39-4)28-29(32-18(3)33-30(28)35-24)34-23(19-6-5-7-20(31)12-19)15-26(38)37-8-10-40-11-9-37/h5-7,12-14,23H,8-11,15H2,1-4H3,(H2,32,33,34,35)/t23-/m1/s1. The summed E-state index contributed by atoms with van der Waals surface area (Å²) in [7, 11) is 1.64. The Morgan fingerprint density at radius 1 is 1.17 bits per heavy atom. The van der Waals surface area contributed by atoms with Crippen LogP contribution in [-0.2, 0) is 9.53 Å². The highest BCUT2D eigenvalue weighted by atomic mass is 35.5. The lowest BCUT2D eigenvalue weighted by molar-refractivity contribution is -0.135. The van der Waals surface area contributed by atoms with Gasteiger partial charge in [0.05, 0.1) is 49.4 Å². The monoisotopic (exact) mass is 574 g/mol. The van der Waals surface area contributed by atoms with Crippen molar-refractivity contribution in [2.75, 3.05) is 38.7 Å². The lowest BCUT2D eigenvalue weighted by atomic mass is 10.0. The van der Waals surface area contributed by atoms with Crippen molar-refractivity contribution in [1.29, 1.82) is 0 Å². The Hall–Kier alpha value is -4.15. The number of carbonyl (C=O) groups excluding carboxylic acids is 1. The fraction of sp³-hybridized carbons (Fsp3) is 0.333. The number of fused-ring (bicyclic) bond motifs is 3. The van der Waals surface area contributed by atoms with Crippen LogP contribution in [0.2, 0.25) is 5.02 Å². The Balaban J connectivity index is 1.46. The van der Waals surface area contributed by atoms with E-state index >= 15 is 0 Å². The fourth-order valence-corrected chi connectivity index (χ4v) is 5.73. The Morgan fingerprint density at radius 3 is 2.68 bits per heavy atom. The lowest BCUT2D eigenvalue weighted by Crippen LogP contribution is -2.41. The SMILES string of the molecule is COc1cc2c(cc1-c1c(C)noc1C)[nH]c1nc(C)nc(N[C@H](CC(=O)N3CCOCC3)c3cccc(Cl)c3)c12. The van der Waals surface area contributed by atoms with Crippen LogP contribution in [0.3, 0.4) is 0 Å². The number of ether oxygens (including phenoxy) is 2. The van der Waals surface area contributed by atoms with Crippen LogP contribution in [0.25, 0.3) is 33.1 Å². The molecule has 0 spiro atoms. The van der Waals surface area contributed by atoms with Crippen molar-refractivity contribution in [1.82, 2.24) is 25.0 Å². The van der Waals surface area contributed by atoms with E-state index in [0.29, 0.717) is 60.1 Å². The molecular formula is C30H31ClN6O4. The number of aryl methyl sites for hydroxylation is 3. The molecule has 0 unspecified atom stereocenters. The summed E-state index contributed by atoms with van der Waals surface area (Å²) in [6, 6.07) is 11.2. The molecule has 4 heterocycles. The van der Waals surface area contributed by atoms with Crippen LogP contribution in [0.5, 0.6) is 5.75 Å². The molecule has 0 aliphatic carbocycles. The summed E-state index contributed by atoms with van der Waals surface area (Å²) in [5, 5.41) is 9.99. The minimum Gasteiger partial charge on any atom is -0.496 e. The normalized spacial score (nSPS) is 14.5. The Kier molecular flexibility index (Phi) is 7.27. The van der Waals surface area contributed by atoms with Crippen molar-refractivity contribution in [2.24, 2.45) is 0 Å². The van der Waals surface area contributed by atoms with Gasteiger partial charge in [-0.05, 0) is 50.6 Å². The Morgan fingerprint density at radius 2 is 1.98 bits per heavy atom. The average Bonchev–Trinajstić information content (AvgIpc) is 3.49. The molecule has 11 heteroatoms. The number of aromatic amines is 1. The van der Waals surface area contributed by atoms with E-state index < -0.39 is 0 Å². The van der Waals surface area contributed by atoms with Gasteiger partial charge in [0, 0.05) is 34.6 Å². The van der Waals surface area contributed by atoms with Crippen molar-refractivity contribution in [3.05, 3.63) is 64.3 Å². The lowest BCUT2D eigenvalue weighted by Gasteiger charge is -2.29. The van der Waals surface area contributed by atoms with Gasteiger partial charge in [0.1, 0.15) is 28.8 Å². The zero-order chi connectivity index (χ0) is 28.7. The van der Waals surface area contributed by atoms with Gasteiger partial charge in [-0.25, -0.2) is 9.97 Å². The van der Waals surface area contributed by atoms with Crippen molar-refractivity contribution < 1.29 is 18.8 Å². The quantitative estimate of drug-likeness (QED) is 0.252. The first kappa shape index (κ1) is 27.0. The van der Waals surface area contributed by atoms with Crippen molar-refractivity contribution in [3.8, 4) is 16.9 Å². The number of anilines is 1. The maximum Gasteiger partial charge on any atom is 0.225 e. The van der Waals surface area contributed by atoms with Crippen molar-refractivity contribution in [3.63, 3.8) is 0 Å². The number of hydrogen-bond acceptors (Lipinski definition) is 8. The van der Waals surface area contributed by atoms with Crippen LogP contribution in [0.15, 0.2) is 40.9 Å². The predicted octanol–water partition coefficient (Wildman–Crippen LogP) is 5.76. The summed E-state index contributed by atoms with van der Waals surface area (Å²) >= 11 is 6.38. The number of benzene rings is 2. The van der Waals surface area contributed by atoms with Crippen LogP contribution in [0.1, 0.15) is 35.3 Å². The molecule has 41 heavy (non-hydrogen) atoms. The smallest absolute Gasteiger partial charge is 0.225 e. The van der Waals surface area contributed by atoms with E-state index in [1.54, 1.807) is 7.11 Å². The largest absolute Gasteiger partial charge is 0.496 e. The van der Waals surface area contributed by atoms with Gasteiger partial charge in [0.2, 0.25) is 5.91 Å². The molecule has 5 aromatic rings. The third-order valence-corrected chi connectivity index (χ3v) is 7.73. The first-order valence-corrected chi connectivity index (χ1v) is 13.9. The first-order valence-electron chi connectivity index (χ1n) is 13.5. The molecule has 1 fully saturated rings. The first-order chi connectivity index (χ1) is 19.8. The summed E-state index contributed by atoms with van der Waals surface area (Å²) in [6.07, 6.45) is 0.229. The van der Waals surface area contributed by atoms with E-state index in [-0.39, 0.29) is 18.4 Å². The zero-order valence-electron chi connectivity index (χ0n) is 23.4. The molecule has 2 aromatic carbocycles. The minimum absolute atomic E-state index is 0.0393. The molecule has 10 nitrogen and oxygen atoms in total. The number of nitrogens with one attached hydrogen (secondary N) is 2. The number of aromatic nitrogens is 4. The van der Waals surface area contributed by atoms with Crippen LogP contribution in [-0.4, -0.2) is 64.3 Å². The third-order valence-electron chi connectivity index (χ3n) is 7.49. The van der Waals surface area contributed by atoms with Crippen LogP contribution in [0, 0.1) is 20.8 Å². The van der Waals surface area contributed by atoms with E-state index in [4.69, 9.17) is 35.6 Å². The van der Waals surface area contributed by atoms with Crippen molar-refractivity contribution >= 4 is 45.3 Å². The molecule has 0 bridgehead atoms. The summed E-state index contributed by atoms with van der Waals surface area (Å²) in [4.78, 5) is 28.2. The topological polar surface area (TPSA) is 118 Å². The summed E-state index contributed by atoms with van der Waals surface area (Å²) < 4.78 is 16.7. The second-order valence-electron chi connectivity index (χ2n) is 10.2. The minimum atomic E-state index is -0.380. The number of amides is 1. The van der Waals surface area contributed by atoms with E-state index in [1.807, 2.05) is 62.1 Å². The van der Waals surface area contributed by atoms with Gasteiger partial charge in [0.15, 0.2) is 0 Å². The van der Waals surface area contributed by atoms with Crippen molar-refractivity contribution in [2.45, 2.75) is 33.2 Å². The van der Waals surface area contributed by atoms with Crippen LogP contribution in [0.4, 0.5) is 5.82 Å². The number of H-pyrrole nitrogens is 1. The second kappa shape index (κ2) is 11.0. The van der Waals surface area contributed by atoms with Crippen LogP contribution >= 0.6 is 11.6 Å². The Bertz CT molecular complexity index is 1740. The van der Waals surface area contributed by atoms with Gasteiger partial charge in [-0.3, -0.25) is 4.79 Å². The molecule has 3 aromatic heterocycles. The van der Waals surface area contributed by atoms with Gasteiger partial charge in [0.25, 0.3) is 0 Å². The van der Waals surface area contributed by atoms with Crippen LogP contribution < -0.4 is 10.1 Å². The zero-order valence-corrected chi connectivity index (χ0v) is 24.1. The summed E-state index contributed by atoms with van der Waals surface area (Å²) in [5.41, 5.74) is 4.98. The maximum absolute atomic E-state index is 13.4. The number of carbonyl (C=O) groups is 1. The second-order valence-corrected chi connectivity index (χ2v) is 10.7. The summed E-state index contributed by atoms with van der Waals surface area (Å²) in [6.45, 7) is 7.88. The highest BCUT2D eigenvalue weighted by Crippen LogP contribution is 2.41. The molecule has 2 N–H and O–H groups in total. The predicted molar refractivity (Wildman–Crippen MR) is 157 cm³/mol. The van der Waals surface area contributed by atoms with E-state index in [2.05, 4.69) is 15.5 Å². The average molecular weight is 575 g/mol. The van der Waals surface area contributed by atoms with E-state index in [9.17, 15) is 4.79 Å². The molecule has 1 atom stereocenters. The molecule has 0 saturated carbocycles. The van der Waals surface area contributed by atoms with E-state index in [0.717, 1.165) is 38.7 Å². The van der Waals surface area contributed by atoms with Gasteiger partial charge >= 0.3 is 0 Å². The number of hydrogen-bond donors (Lipinski definition) is 2. The number of methoxy groups -OCH3 is 1. The Labute approximate surface area is 242 Å². The number of morpholine rings is 1. The van der Waals surface area contributed by atoms with Gasteiger partial charge in [-0.1, -0.05) is 28.9 Å². The molecule has 1 aliphatic rings. The molecule has 1 amide bonds. The van der Waals surface area contributed by atoms with Gasteiger partial charge in [-0.15, -0.1) is 0 Å². The molecule has 1 saturated heterocycles. The molecular weight excluding hydrogens is 544 g/mol. The number of rotatable bonds is 7. The van der Waals surface area contributed by atoms with E-state index in [1.165, 1.54) is 0 Å². The summed E-state index contributed by atoms with van der Waals surface area (Å²) in [5.74, 6) is 2.63. The highest BCUT2D eigenvalue weighted by Gasteiger charge is 2.25. The highest BCUT2D eigenvalue weighted by molar-refractivity contribution is 6.30. The molecule has 6 rings (SSSR count). The number of halogens is 1. The number of nitrogens with zero attached hydrogens (tertiary/aromatic N) is 4. The maximum atomic E-state index is 13.4. The van der Waals surface area contributed by atoms with Gasteiger partial charge in [-0.2, -0.15) is 0 Å². The molecule has 212 valence electrons.